The molecule has 1 heterocycles. The summed E-state index contributed by atoms with van der Waals surface area (Å²) in [6.45, 7) is 0. The van der Waals surface area contributed by atoms with Crippen LogP contribution in [0.5, 0.6) is 5.75 Å². The molecule has 1 aromatic heterocycles. The van der Waals surface area contributed by atoms with Gasteiger partial charge in [-0.3, -0.25) is 4.79 Å². The topological polar surface area (TPSA) is 121 Å². The molecule has 4 rings (SSSR count). The van der Waals surface area contributed by atoms with E-state index >= 15 is 0 Å². The van der Waals surface area contributed by atoms with E-state index in [1.54, 1.807) is 55.8 Å². The van der Waals surface area contributed by atoms with Crippen LogP contribution in [0.1, 0.15) is 5.56 Å². The molecule has 0 fully saturated rings. The molecule has 0 saturated carbocycles. The molecule has 0 saturated heterocycles. The normalized spacial score (nSPS) is 12.5. The van der Waals surface area contributed by atoms with Crippen molar-refractivity contribution in [2.75, 3.05) is 20.0 Å². The second-order valence-corrected chi connectivity index (χ2v) is 9.24. The molecule has 1 atom stereocenters. The van der Waals surface area contributed by atoms with Crippen LogP contribution in [0.2, 0.25) is 0 Å². The van der Waals surface area contributed by atoms with E-state index in [2.05, 4.69) is 9.71 Å². The lowest BCUT2D eigenvalue weighted by atomic mass is 10.0. The zero-order valence-electron chi connectivity index (χ0n) is 18.1. The number of hydrogen-bond donors (Lipinski definition) is 2. The minimum atomic E-state index is -4.02. The molecule has 4 aromatic rings. The number of nitrogen functional groups attached to an aromatic ring is 1. The summed E-state index contributed by atoms with van der Waals surface area (Å²) in [5.41, 5.74) is 6.64. The molecular weight excluding hydrogens is 442 g/mol. The van der Waals surface area contributed by atoms with Crippen molar-refractivity contribution in [2.24, 2.45) is 0 Å². The van der Waals surface area contributed by atoms with E-state index in [0.717, 1.165) is 21.7 Å². The monoisotopic (exact) mass is 465 g/mol. The van der Waals surface area contributed by atoms with Gasteiger partial charge in [-0.1, -0.05) is 30.3 Å². The zero-order valence-corrected chi connectivity index (χ0v) is 18.9. The van der Waals surface area contributed by atoms with Crippen LogP contribution in [0.15, 0.2) is 71.8 Å². The summed E-state index contributed by atoms with van der Waals surface area (Å²) in [7, 11) is -1.25. The molecule has 0 aliphatic heterocycles. The first-order chi connectivity index (χ1) is 15.8. The number of nitrogens with one attached hydrogen (secondary N) is 1. The van der Waals surface area contributed by atoms with Gasteiger partial charge in [0.05, 0.1) is 19.1 Å². The maximum absolute atomic E-state index is 13.1. The Bertz CT molecular complexity index is 1450. The highest BCUT2D eigenvalue weighted by molar-refractivity contribution is 7.89. The first-order valence-corrected chi connectivity index (χ1v) is 11.6. The van der Waals surface area contributed by atoms with E-state index in [1.807, 2.05) is 12.1 Å². The molecule has 9 heteroatoms. The van der Waals surface area contributed by atoms with E-state index in [-0.39, 0.29) is 11.3 Å². The van der Waals surface area contributed by atoms with Gasteiger partial charge in [0.15, 0.2) is 0 Å². The minimum absolute atomic E-state index is 0.0366. The summed E-state index contributed by atoms with van der Waals surface area (Å²) in [5.74, 6) is 0.331. The number of benzene rings is 3. The van der Waals surface area contributed by atoms with Crippen LogP contribution in [0, 0.1) is 0 Å². The number of carbonyl (C=O) groups is 1. The van der Waals surface area contributed by atoms with Crippen LogP contribution in [-0.2, 0) is 26.0 Å². The van der Waals surface area contributed by atoms with Gasteiger partial charge in [-0.2, -0.15) is 4.72 Å². The number of sulfonamides is 1. The molecular formula is C24H23N3O5S. The molecule has 0 spiro atoms. The van der Waals surface area contributed by atoms with Gasteiger partial charge >= 0.3 is 5.97 Å². The van der Waals surface area contributed by atoms with E-state index in [1.165, 1.54) is 13.2 Å². The SMILES string of the molecule is COC(=O)C(Cc1ccc2c(N)nccc2c1)NS(=O)(=O)c1ccc2ccc(OC)cc2c1. The second-order valence-electron chi connectivity index (χ2n) is 7.53. The summed E-state index contributed by atoms with van der Waals surface area (Å²) in [5, 5.41) is 3.19. The lowest BCUT2D eigenvalue weighted by Crippen LogP contribution is -2.42. The molecule has 1 unspecified atom stereocenters. The Hall–Kier alpha value is -3.69. The fourth-order valence-corrected chi connectivity index (χ4v) is 4.90. The van der Waals surface area contributed by atoms with Crippen molar-refractivity contribution < 1.29 is 22.7 Å². The third kappa shape index (κ3) is 4.74. The van der Waals surface area contributed by atoms with Gasteiger partial charge in [0.1, 0.15) is 17.6 Å². The average Bonchev–Trinajstić information content (AvgIpc) is 2.82. The lowest BCUT2D eigenvalue weighted by Gasteiger charge is -2.17. The standard InChI is InChI=1S/C24H23N3O5S/c1-31-19-6-4-16-5-7-20(14-18(16)13-19)33(29,30)27-22(24(28)32-2)12-15-3-8-21-17(11-15)9-10-26-23(21)25/h3-11,13-14,22,27H,12H2,1-2H3,(H2,25,26). The highest BCUT2D eigenvalue weighted by atomic mass is 32.2. The fraction of sp³-hybridized carbons (Fsp3) is 0.167. The number of aromatic nitrogens is 1. The molecule has 0 bridgehead atoms. The van der Waals surface area contributed by atoms with Gasteiger partial charge in [-0.15, -0.1) is 0 Å². The first-order valence-electron chi connectivity index (χ1n) is 10.1. The second kappa shape index (κ2) is 9.05. The third-order valence-corrected chi connectivity index (χ3v) is 6.88. The molecule has 0 radical (unpaired) electrons. The Morgan fingerprint density at radius 1 is 1.00 bits per heavy atom. The van der Waals surface area contributed by atoms with Gasteiger partial charge in [0.2, 0.25) is 10.0 Å². The number of hydrogen-bond acceptors (Lipinski definition) is 7. The minimum Gasteiger partial charge on any atom is -0.497 e. The van der Waals surface area contributed by atoms with Crippen molar-refractivity contribution in [2.45, 2.75) is 17.4 Å². The number of esters is 1. The number of methoxy groups -OCH3 is 2. The van der Waals surface area contributed by atoms with Crippen LogP contribution in [0.4, 0.5) is 5.82 Å². The molecule has 0 amide bonds. The summed E-state index contributed by atoms with van der Waals surface area (Å²) in [4.78, 5) is 16.5. The Labute approximate surface area is 191 Å². The molecule has 0 aliphatic carbocycles. The zero-order chi connectivity index (χ0) is 23.6. The molecule has 8 nitrogen and oxygen atoms in total. The predicted octanol–water partition coefficient (Wildman–Crippen LogP) is 3.04. The van der Waals surface area contributed by atoms with E-state index in [0.29, 0.717) is 17.0 Å². The van der Waals surface area contributed by atoms with Crippen molar-refractivity contribution >= 4 is 43.4 Å². The number of pyridine rings is 1. The highest BCUT2D eigenvalue weighted by Crippen LogP contribution is 2.25. The Morgan fingerprint density at radius 2 is 1.79 bits per heavy atom. The number of fused-ring (bicyclic) bond motifs is 2. The smallest absolute Gasteiger partial charge is 0.324 e. The number of nitrogens with zero attached hydrogens (tertiary/aromatic N) is 1. The number of anilines is 1. The summed E-state index contributed by atoms with van der Waals surface area (Å²) >= 11 is 0. The van der Waals surface area contributed by atoms with Gasteiger partial charge in [0, 0.05) is 11.6 Å². The van der Waals surface area contributed by atoms with Crippen LogP contribution < -0.4 is 15.2 Å². The number of nitrogens with two attached hydrogens (primary N) is 1. The number of rotatable bonds is 7. The van der Waals surface area contributed by atoms with E-state index in [9.17, 15) is 13.2 Å². The van der Waals surface area contributed by atoms with Crippen LogP contribution >= 0.6 is 0 Å². The third-order valence-electron chi connectivity index (χ3n) is 5.41. The predicted molar refractivity (Wildman–Crippen MR) is 126 cm³/mol. The Balaban J connectivity index is 1.64. The van der Waals surface area contributed by atoms with Crippen LogP contribution in [-0.4, -0.2) is 39.6 Å². The van der Waals surface area contributed by atoms with Crippen molar-refractivity contribution in [1.29, 1.82) is 0 Å². The molecule has 0 aliphatic rings. The van der Waals surface area contributed by atoms with Crippen molar-refractivity contribution in [1.82, 2.24) is 9.71 Å². The lowest BCUT2D eigenvalue weighted by molar-refractivity contribution is -0.142. The van der Waals surface area contributed by atoms with Crippen molar-refractivity contribution in [3.8, 4) is 5.75 Å². The maximum atomic E-state index is 13.1. The number of carbonyl (C=O) groups excluding carboxylic acids is 1. The highest BCUT2D eigenvalue weighted by Gasteiger charge is 2.27. The van der Waals surface area contributed by atoms with Gasteiger partial charge in [0.25, 0.3) is 0 Å². The molecule has 33 heavy (non-hydrogen) atoms. The van der Waals surface area contributed by atoms with E-state index < -0.39 is 22.0 Å². The summed E-state index contributed by atoms with van der Waals surface area (Å²) < 4.78 is 38.8. The molecule has 170 valence electrons. The van der Waals surface area contributed by atoms with Crippen molar-refractivity contribution in [3.63, 3.8) is 0 Å². The van der Waals surface area contributed by atoms with Crippen LogP contribution in [0.25, 0.3) is 21.5 Å². The average molecular weight is 466 g/mol. The van der Waals surface area contributed by atoms with Gasteiger partial charge in [-0.25, -0.2) is 13.4 Å². The van der Waals surface area contributed by atoms with E-state index in [4.69, 9.17) is 15.2 Å². The van der Waals surface area contributed by atoms with Gasteiger partial charge in [-0.05, 0) is 58.5 Å². The largest absolute Gasteiger partial charge is 0.497 e. The van der Waals surface area contributed by atoms with Gasteiger partial charge < -0.3 is 15.2 Å². The Morgan fingerprint density at radius 3 is 2.55 bits per heavy atom. The summed E-state index contributed by atoms with van der Waals surface area (Å²) in [6, 6.07) is 16.3. The maximum Gasteiger partial charge on any atom is 0.324 e. The number of ether oxygens (including phenoxy) is 2. The van der Waals surface area contributed by atoms with Crippen LogP contribution in [0.3, 0.4) is 0 Å². The Kier molecular flexibility index (Phi) is 6.17. The summed E-state index contributed by atoms with van der Waals surface area (Å²) in [6.07, 6.45) is 1.70. The first kappa shape index (κ1) is 22.5. The molecule has 3 N–H and O–H groups in total. The fourth-order valence-electron chi connectivity index (χ4n) is 3.68. The van der Waals surface area contributed by atoms with Crippen molar-refractivity contribution in [3.05, 3.63) is 72.4 Å². The molecule has 3 aromatic carbocycles. The quantitative estimate of drug-likeness (QED) is 0.403.